The van der Waals surface area contributed by atoms with Gasteiger partial charge in [-0.2, -0.15) is 0 Å². The van der Waals surface area contributed by atoms with Gasteiger partial charge in [-0.15, -0.1) is 11.3 Å². The van der Waals surface area contributed by atoms with Gasteiger partial charge < -0.3 is 10.2 Å². The number of anilines is 2. The Hall–Kier alpha value is -0.680. The summed E-state index contributed by atoms with van der Waals surface area (Å²) in [5.41, 5.74) is 0.767. The number of aromatic nitrogens is 1. The van der Waals surface area contributed by atoms with Crippen LogP contribution in [0.25, 0.3) is 0 Å². The maximum atomic E-state index is 6.14. The first kappa shape index (κ1) is 16.7. The van der Waals surface area contributed by atoms with E-state index in [-0.39, 0.29) is 0 Å². The van der Waals surface area contributed by atoms with Gasteiger partial charge >= 0.3 is 0 Å². The normalized spacial score (nSPS) is 10.7. The first-order valence-corrected chi connectivity index (χ1v) is 8.58. The van der Waals surface area contributed by atoms with Crippen LogP contribution in [0.5, 0.6) is 0 Å². The number of benzene rings is 1. The fourth-order valence-electron chi connectivity index (χ4n) is 1.86. The number of thiazole rings is 1. The number of hydrogen-bond acceptors (Lipinski definition) is 4. The topological polar surface area (TPSA) is 28.2 Å². The van der Waals surface area contributed by atoms with Crippen molar-refractivity contribution in [3.8, 4) is 0 Å². The largest absolute Gasteiger partial charge is 0.379 e. The molecule has 0 amide bonds. The third-order valence-electron chi connectivity index (χ3n) is 3.04. The molecule has 0 aliphatic heterocycles. The van der Waals surface area contributed by atoms with E-state index in [9.17, 15) is 0 Å². The first-order valence-electron chi connectivity index (χ1n) is 6.63. The van der Waals surface area contributed by atoms with Gasteiger partial charge in [0, 0.05) is 24.2 Å². The quantitative estimate of drug-likeness (QED) is 0.680. The molecule has 0 spiro atoms. The van der Waals surface area contributed by atoms with Crippen molar-refractivity contribution in [3.05, 3.63) is 38.3 Å². The van der Waals surface area contributed by atoms with Crippen molar-refractivity contribution in [1.82, 2.24) is 4.98 Å². The summed E-state index contributed by atoms with van der Waals surface area (Å²) in [6.07, 6.45) is 1.89. The summed E-state index contributed by atoms with van der Waals surface area (Å²) < 4.78 is 0. The summed E-state index contributed by atoms with van der Waals surface area (Å²) in [6, 6.07) is 3.38. The molecule has 114 valence electrons. The van der Waals surface area contributed by atoms with Crippen LogP contribution < -0.4 is 10.2 Å². The summed E-state index contributed by atoms with van der Waals surface area (Å²) in [5.74, 6) is 0. The molecule has 21 heavy (non-hydrogen) atoms. The van der Waals surface area contributed by atoms with E-state index in [0.717, 1.165) is 28.8 Å². The molecule has 1 N–H and O–H groups in total. The third kappa shape index (κ3) is 4.16. The Morgan fingerprint density at radius 3 is 2.43 bits per heavy atom. The molecule has 0 unspecified atom stereocenters. The van der Waals surface area contributed by atoms with Gasteiger partial charge in [-0.3, -0.25) is 0 Å². The molecule has 7 heteroatoms. The van der Waals surface area contributed by atoms with E-state index >= 15 is 0 Å². The van der Waals surface area contributed by atoms with E-state index in [0.29, 0.717) is 21.6 Å². The van der Waals surface area contributed by atoms with Gasteiger partial charge in [-0.25, -0.2) is 4.98 Å². The van der Waals surface area contributed by atoms with E-state index in [1.807, 2.05) is 6.20 Å². The predicted molar refractivity (Wildman–Crippen MR) is 94.5 cm³/mol. The first-order chi connectivity index (χ1) is 10.0. The highest BCUT2D eigenvalue weighted by Crippen LogP contribution is 2.33. The Morgan fingerprint density at radius 1 is 1.10 bits per heavy atom. The van der Waals surface area contributed by atoms with Gasteiger partial charge in [-0.1, -0.05) is 34.8 Å². The summed E-state index contributed by atoms with van der Waals surface area (Å²) in [5, 5.41) is 5.79. The van der Waals surface area contributed by atoms with E-state index in [1.165, 1.54) is 0 Å². The van der Waals surface area contributed by atoms with Crippen LogP contribution >= 0.6 is 46.1 Å². The zero-order valence-corrected chi connectivity index (χ0v) is 14.9. The Balaban J connectivity index is 2.05. The smallest absolute Gasteiger partial charge is 0.185 e. The van der Waals surface area contributed by atoms with E-state index in [4.69, 9.17) is 34.8 Å². The Bertz CT molecular complexity index is 612. The molecule has 0 aliphatic rings. The van der Waals surface area contributed by atoms with Crippen LogP contribution in [0.15, 0.2) is 18.3 Å². The summed E-state index contributed by atoms with van der Waals surface area (Å²) >= 11 is 19.7. The average Bonchev–Trinajstić information content (AvgIpc) is 2.91. The number of rotatable bonds is 6. The van der Waals surface area contributed by atoms with Crippen LogP contribution in [0.4, 0.5) is 10.8 Å². The maximum Gasteiger partial charge on any atom is 0.185 e. The number of nitrogens with one attached hydrogen (secondary N) is 1. The highest BCUT2D eigenvalue weighted by Gasteiger charge is 2.09. The molecule has 1 aromatic heterocycles. The molecule has 1 heterocycles. The molecule has 1 aromatic carbocycles. The second-order valence-corrected chi connectivity index (χ2v) is 6.70. The van der Waals surface area contributed by atoms with Crippen LogP contribution in [0.3, 0.4) is 0 Å². The third-order valence-corrected chi connectivity index (χ3v) is 5.13. The molecule has 2 aromatic rings. The second-order valence-electron chi connectivity index (χ2n) is 4.38. The highest BCUT2D eigenvalue weighted by molar-refractivity contribution is 7.15. The molecule has 0 aliphatic carbocycles. The minimum Gasteiger partial charge on any atom is -0.379 e. The van der Waals surface area contributed by atoms with Crippen molar-refractivity contribution >= 4 is 57.0 Å². The van der Waals surface area contributed by atoms with Crippen molar-refractivity contribution in [3.63, 3.8) is 0 Å². The standard InChI is InChI=1S/C14H16Cl3N3S/c1-3-20(4-2)14-19-8-9(21-14)7-18-13-6-11(16)10(15)5-12(13)17/h5-6,8,18H,3-4,7H2,1-2H3. The SMILES string of the molecule is CCN(CC)c1ncc(CNc2cc(Cl)c(Cl)cc2Cl)s1. The molecule has 3 nitrogen and oxygen atoms in total. The van der Waals surface area contributed by atoms with Crippen molar-refractivity contribution in [1.29, 1.82) is 0 Å². The van der Waals surface area contributed by atoms with Crippen LogP contribution in [-0.4, -0.2) is 18.1 Å². The van der Waals surface area contributed by atoms with Crippen molar-refractivity contribution in [2.24, 2.45) is 0 Å². The van der Waals surface area contributed by atoms with E-state index in [2.05, 4.69) is 29.0 Å². The van der Waals surface area contributed by atoms with Gasteiger partial charge in [0.25, 0.3) is 0 Å². The zero-order valence-electron chi connectivity index (χ0n) is 11.8. The lowest BCUT2D eigenvalue weighted by atomic mass is 10.3. The molecule has 0 saturated heterocycles. The Kier molecular flexibility index (Phi) is 5.99. The van der Waals surface area contributed by atoms with Gasteiger partial charge in [0.1, 0.15) is 0 Å². The van der Waals surface area contributed by atoms with Gasteiger partial charge in [0.2, 0.25) is 0 Å². The van der Waals surface area contributed by atoms with Crippen molar-refractivity contribution in [2.45, 2.75) is 20.4 Å². The van der Waals surface area contributed by atoms with Gasteiger partial charge in [0.05, 0.1) is 27.3 Å². The summed E-state index contributed by atoms with van der Waals surface area (Å²) in [6.45, 7) is 6.80. The van der Waals surface area contributed by atoms with Crippen LogP contribution in [0.1, 0.15) is 18.7 Å². The van der Waals surface area contributed by atoms with E-state index in [1.54, 1.807) is 23.5 Å². The Labute approximate surface area is 143 Å². The average molecular weight is 365 g/mol. The van der Waals surface area contributed by atoms with E-state index < -0.39 is 0 Å². The molecule has 0 radical (unpaired) electrons. The van der Waals surface area contributed by atoms with Crippen molar-refractivity contribution < 1.29 is 0 Å². The predicted octanol–water partition coefficient (Wildman–Crippen LogP) is 5.56. The fraction of sp³-hybridized carbons (Fsp3) is 0.357. The van der Waals surface area contributed by atoms with Gasteiger partial charge in [-0.05, 0) is 26.0 Å². The monoisotopic (exact) mass is 363 g/mol. The molecule has 0 saturated carbocycles. The van der Waals surface area contributed by atoms with Crippen molar-refractivity contribution in [2.75, 3.05) is 23.3 Å². The lowest BCUT2D eigenvalue weighted by molar-refractivity contribution is 0.860. The van der Waals surface area contributed by atoms with Crippen LogP contribution in [0, 0.1) is 0 Å². The fourth-order valence-corrected chi connectivity index (χ4v) is 3.45. The molecule has 0 fully saturated rings. The summed E-state index contributed by atoms with van der Waals surface area (Å²) in [4.78, 5) is 7.81. The van der Waals surface area contributed by atoms with Gasteiger partial charge in [0.15, 0.2) is 5.13 Å². The number of halogens is 3. The molecular formula is C14H16Cl3N3S. The second kappa shape index (κ2) is 7.54. The minimum absolute atomic E-state index is 0.453. The van der Waals surface area contributed by atoms with Crippen LogP contribution in [-0.2, 0) is 6.54 Å². The highest BCUT2D eigenvalue weighted by atomic mass is 35.5. The maximum absolute atomic E-state index is 6.14. The Morgan fingerprint density at radius 2 is 1.76 bits per heavy atom. The summed E-state index contributed by atoms with van der Waals surface area (Å²) in [7, 11) is 0. The minimum atomic E-state index is 0.453. The van der Waals surface area contributed by atoms with Crippen LogP contribution in [0.2, 0.25) is 15.1 Å². The molecule has 0 bridgehead atoms. The zero-order chi connectivity index (χ0) is 15.4. The lowest BCUT2D eigenvalue weighted by Gasteiger charge is -2.16. The molecule has 0 atom stereocenters. The molecule has 2 rings (SSSR count). The number of nitrogens with zero attached hydrogens (tertiary/aromatic N) is 2. The number of hydrogen-bond donors (Lipinski definition) is 1. The molecular weight excluding hydrogens is 349 g/mol. The lowest BCUT2D eigenvalue weighted by Crippen LogP contribution is -2.21.